The van der Waals surface area contributed by atoms with Crippen LogP contribution in [0.2, 0.25) is 5.02 Å². The van der Waals surface area contributed by atoms with Crippen molar-refractivity contribution in [1.29, 1.82) is 0 Å². The van der Waals surface area contributed by atoms with E-state index in [0.717, 1.165) is 59.4 Å². The molecule has 0 atom stereocenters. The van der Waals surface area contributed by atoms with Gasteiger partial charge in [-0.2, -0.15) is 0 Å². The van der Waals surface area contributed by atoms with Gasteiger partial charge in [0.1, 0.15) is 11.5 Å². The van der Waals surface area contributed by atoms with Crippen molar-refractivity contribution in [3.05, 3.63) is 202 Å². The number of carbonyl (C=O) groups is 4. The summed E-state index contributed by atoms with van der Waals surface area (Å²) in [7, 11) is 0. The number of unbranched alkanes of at least 4 members (excludes halogenated alkanes) is 10. The first kappa shape index (κ1) is 53.4. The maximum absolute atomic E-state index is 15.2. The lowest BCUT2D eigenvalue weighted by atomic mass is 10.00. The van der Waals surface area contributed by atoms with Crippen LogP contribution in [0.5, 0.6) is 23.0 Å². The molecule has 0 radical (unpaired) electrons. The van der Waals surface area contributed by atoms with Crippen LogP contribution in [-0.4, -0.2) is 23.9 Å². The quantitative estimate of drug-likeness (QED) is 0.0335. The van der Waals surface area contributed by atoms with Gasteiger partial charge < -0.3 is 18.9 Å². The molecule has 0 fully saturated rings. The maximum Gasteiger partial charge on any atom is 0.343 e. The molecule has 0 saturated heterocycles. The van der Waals surface area contributed by atoms with Crippen LogP contribution in [-0.2, 0) is 12.8 Å². The largest absolute Gasteiger partial charge is 0.423 e. The highest BCUT2D eigenvalue weighted by Gasteiger charge is 2.20. The van der Waals surface area contributed by atoms with E-state index in [2.05, 4.69) is 62.4 Å². The van der Waals surface area contributed by atoms with Crippen LogP contribution in [0.3, 0.4) is 0 Å². The molecule has 376 valence electrons. The van der Waals surface area contributed by atoms with Gasteiger partial charge in [0.2, 0.25) is 0 Å². The van der Waals surface area contributed by atoms with E-state index in [1.165, 1.54) is 119 Å². The molecule has 0 saturated carbocycles. The van der Waals surface area contributed by atoms with Crippen LogP contribution in [0.25, 0.3) is 22.3 Å². The van der Waals surface area contributed by atoms with Gasteiger partial charge in [-0.25, -0.2) is 28.0 Å². The number of benzene rings is 7. The minimum absolute atomic E-state index is 0.0180. The molecule has 0 aromatic heterocycles. The van der Waals surface area contributed by atoms with E-state index < -0.39 is 47.0 Å². The molecule has 0 amide bonds. The molecule has 7 aromatic carbocycles. The molecule has 0 unspecified atom stereocenters. The number of aryl methyl sites for hydroxylation is 2. The SMILES string of the molecule is CCCCCCCCc1ccc(-c2ccc(C(=O)Oc3ccc(C(=O)Oc4cc(Cl)cc(OC(=O)c5ccc(OC(=O)c6ccc(-c7ccc(CCCCCCCC)cc7)cc6)c(F)c5)c4)cc3F)cc2)cc1. The molecule has 7 rings (SSSR count). The summed E-state index contributed by atoms with van der Waals surface area (Å²) in [5, 5.41) is 0.0180. The normalized spacial score (nSPS) is 11.0. The topological polar surface area (TPSA) is 105 Å². The summed E-state index contributed by atoms with van der Waals surface area (Å²) in [6, 6.07) is 40.5. The van der Waals surface area contributed by atoms with Crippen molar-refractivity contribution in [3.63, 3.8) is 0 Å². The Balaban J connectivity index is 0.878. The number of hydrogen-bond donors (Lipinski definition) is 0. The Labute approximate surface area is 431 Å². The van der Waals surface area contributed by atoms with Crippen molar-refractivity contribution in [1.82, 2.24) is 0 Å². The third kappa shape index (κ3) is 15.8. The molecular formula is C62H59ClF2O8. The molecule has 11 heteroatoms. The van der Waals surface area contributed by atoms with E-state index in [9.17, 15) is 19.2 Å². The fraction of sp³-hybridized carbons (Fsp3) is 0.258. The van der Waals surface area contributed by atoms with Gasteiger partial charge >= 0.3 is 23.9 Å². The fourth-order valence-corrected chi connectivity index (χ4v) is 8.48. The van der Waals surface area contributed by atoms with Crippen molar-refractivity contribution >= 4 is 35.5 Å². The lowest BCUT2D eigenvalue weighted by Gasteiger charge is -2.11. The molecule has 0 aliphatic heterocycles. The molecule has 0 bridgehead atoms. The van der Waals surface area contributed by atoms with E-state index in [-0.39, 0.29) is 38.8 Å². The number of carbonyl (C=O) groups excluding carboxylic acids is 4. The molecule has 0 N–H and O–H groups in total. The zero-order chi connectivity index (χ0) is 51.5. The lowest BCUT2D eigenvalue weighted by molar-refractivity contribution is 0.0716. The van der Waals surface area contributed by atoms with Crippen LogP contribution in [0.4, 0.5) is 8.78 Å². The Bertz CT molecular complexity index is 2770. The summed E-state index contributed by atoms with van der Waals surface area (Å²) in [6.07, 6.45) is 17.1. The van der Waals surface area contributed by atoms with Crippen molar-refractivity contribution in [2.75, 3.05) is 0 Å². The third-order valence-electron chi connectivity index (χ3n) is 12.5. The zero-order valence-corrected chi connectivity index (χ0v) is 42.0. The van der Waals surface area contributed by atoms with Crippen LogP contribution in [0.15, 0.2) is 152 Å². The predicted octanol–water partition coefficient (Wildman–Crippen LogP) is 16.6. The Kier molecular flexibility index (Phi) is 19.6. The summed E-state index contributed by atoms with van der Waals surface area (Å²) in [4.78, 5) is 52.1. The highest BCUT2D eigenvalue weighted by Crippen LogP contribution is 2.30. The highest BCUT2D eigenvalue weighted by molar-refractivity contribution is 6.31. The van der Waals surface area contributed by atoms with E-state index >= 15 is 8.78 Å². The summed E-state index contributed by atoms with van der Waals surface area (Å²) in [6.45, 7) is 4.43. The first-order valence-electron chi connectivity index (χ1n) is 25.1. The van der Waals surface area contributed by atoms with Gasteiger partial charge in [0.05, 0.1) is 22.3 Å². The zero-order valence-electron chi connectivity index (χ0n) is 41.2. The maximum atomic E-state index is 15.2. The molecule has 0 aliphatic rings. The van der Waals surface area contributed by atoms with Gasteiger partial charge in [0, 0.05) is 11.1 Å². The first-order valence-corrected chi connectivity index (χ1v) is 25.5. The average molecular weight is 1010 g/mol. The Hall–Kier alpha value is -7.43. The minimum Gasteiger partial charge on any atom is -0.423 e. The highest BCUT2D eigenvalue weighted by atomic mass is 35.5. The van der Waals surface area contributed by atoms with Crippen molar-refractivity contribution in [2.24, 2.45) is 0 Å². The van der Waals surface area contributed by atoms with Gasteiger partial charge in [-0.1, -0.05) is 162 Å². The van der Waals surface area contributed by atoms with Gasteiger partial charge in [0.25, 0.3) is 0 Å². The van der Waals surface area contributed by atoms with Crippen molar-refractivity contribution in [3.8, 4) is 45.3 Å². The Morgan fingerprint density at radius 3 is 1.04 bits per heavy atom. The first-order chi connectivity index (χ1) is 35.5. The fourth-order valence-electron chi connectivity index (χ4n) is 8.27. The van der Waals surface area contributed by atoms with Gasteiger partial charge in [0.15, 0.2) is 23.1 Å². The number of halogens is 3. The summed E-state index contributed by atoms with van der Waals surface area (Å²) >= 11 is 6.25. The predicted molar refractivity (Wildman–Crippen MR) is 282 cm³/mol. The second kappa shape index (κ2) is 26.9. The third-order valence-corrected chi connectivity index (χ3v) is 12.7. The second-order valence-corrected chi connectivity index (χ2v) is 18.5. The Morgan fingerprint density at radius 2 is 0.685 bits per heavy atom. The van der Waals surface area contributed by atoms with Crippen molar-refractivity contribution in [2.45, 2.75) is 104 Å². The number of hydrogen-bond acceptors (Lipinski definition) is 8. The second-order valence-electron chi connectivity index (χ2n) is 18.1. The van der Waals surface area contributed by atoms with Crippen molar-refractivity contribution < 1.29 is 46.9 Å². The van der Waals surface area contributed by atoms with Crippen LogP contribution >= 0.6 is 11.6 Å². The molecule has 7 aromatic rings. The smallest absolute Gasteiger partial charge is 0.343 e. The van der Waals surface area contributed by atoms with Crippen LogP contribution in [0.1, 0.15) is 143 Å². The van der Waals surface area contributed by atoms with Crippen LogP contribution in [0, 0.1) is 11.6 Å². The summed E-state index contributed by atoms with van der Waals surface area (Å²) < 4.78 is 51.9. The molecule has 0 spiro atoms. The number of rotatable bonds is 24. The summed E-state index contributed by atoms with van der Waals surface area (Å²) in [5.41, 5.74) is 6.39. The molecule has 73 heavy (non-hydrogen) atoms. The number of esters is 4. The van der Waals surface area contributed by atoms with E-state index in [0.29, 0.717) is 0 Å². The van der Waals surface area contributed by atoms with E-state index in [4.69, 9.17) is 30.5 Å². The monoisotopic (exact) mass is 1000 g/mol. The molecular weight excluding hydrogens is 946 g/mol. The number of ether oxygens (including phenoxy) is 4. The summed E-state index contributed by atoms with van der Waals surface area (Å²) in [5.74, 6) is -6.63. The molecule has 0 heterocycles. The Morgan fingerprint density at radius 1 is 0.370 bits per heavy atom. The van der Waals surface area contributed by atoms with E-state index in [1.807, 2.05) is 0 Å². The minimum atomic E-state index is -0.992. The van der Waals surface area contributed by atoms with Gasteiger partial charge in [-0.3, -0.25) is 0 Å². The van der Waals surface area contributed by atoms with Gasteiger partial charge in [-0.05, 0) is 132 Å². The van der Waals surface area contributed by atoms with Gasteiger partial charge in [-0.15, -0.1) is 0 Å². The van der Waals surface area contributed by atoms with E-state index in [1.54, 1.807) is 48.5 Å². The average Bonchev–Trinajstić information content (AvgIpc) is 3.39. The standard InChI is InChI=1S/C62H59ClF2O8/c1-3-5-7-9-11-13-15-42-17-21-44(22-18-42)46-25-29-48(30-26-46)59(66)72-57-35-33-50(37-55(57)64)61(68)70-53-39-52(63)40-54(41-53)71-62(69)51-34-36-58(56(65)38-51)73-60(67)49-31-27-47(28-32-49)45-23-19-43(20-24-45)16-14-12-10-8-6-4-2/h17-41H,3-16H2,1-2H3. The molecule has 8 nitrogen and oxygen atoms in total. The van der Waals surface area contributed by atoms with Crippen LogP contribution < -0.4 is 18.9 Å². The lowest BCUT2D eigenvalue weighted by Crippen LogP contribution is -2.13. The molecule has 0 aliphatic carbocycles.